The fourth-order valence-corrected chi connectivity index (χ4v) is 2.25. The van der Waals surface area contributed by atoms with Crippen LogP contribution in [0.4, 0.5) is 4.39 Å². The number of nitrogens with one attached hydrogen (secondary N) is 1. The first kappa shape index (κ1) is 10.6. The van der Waals surface area contributed by atoms with Crippen molar-refractivity contribution >= 4 is 0 Å². The Kier molecular flexibility index (Phi) is 3.03. The molecule has 1 aromatic rings. The average molecular weight is 208 g/mol. The normalized spacial score (nSPS) is 25.1. The lowest BCUT2D eigenvalue weighted by Crippen LogP contribution is -2.47. The van der Waals surface area contributed by atoms with Crippen molar-refractivity contribution in [3.63, 3.8) is 0 Å². The Hall–Kier alpha value is -0.930. The van der Waals surface area contributed by atoms with E-state index in [1.807, 2.05) is 30.3 Å². The lowest BCUT2D eigenvalue weighted by molar-refractivity contribution is 0.123. The van der Waals surface area contributed by atoms with Gasteiger partial charge in [0.1, 0.15) is 0 Å². The molecule has 1 aromatic carbocycles. The first-order valence-corrected chi connectivity index (χ1v) is 5.45. The number of rotatable bonds is 3. The van der Waals surface area contributed by atoms with Gasteiger partial charge in [0, 0.05) is 12.6 Å². The van der Waals surface area contributed by atoms with Gasteiger partial charge in [-0.25, -0.2) is 4.39 Å². The Morgan fingerprint density at radius 1 is 1.40 bits per heavy atom. The van der Waals surface area contributed by atoms with E-state index in [1.54, 1.807) is 0 Å². The van der Waals surface area contributed by atoms with Crippen LogP contribution in [0, 0.1) is 0 Å². The zero-order valence-electron chi connectivity index (χ0n) is 8.75. The lowest BCUT2D eigenvalue weighted by Gasteiger charge is -2.30. The molecule has 1 saturated heterocycles. The highest BCUT2D eigenvalue weighted by molar-refractivity contribution is 5.25. The van der Waals surface area contributed by atoms with Gasteiger partial charge in [-0.05, 0) is 24.9 Å². The Morgan fingerprint density at radius 2 is 2.13 bits per heavy atom. The monoisotopic (exact) mass is 208 g/mol. The van der Waals surface area contributed by atoms with Gasteiger partial charge in [-0.1, -0.05) is 30.3 Å². The van der Waals surface area contributed by atoms with Crippen molar-refractivity contribution in [2.24, 2.45) is 5.73 Å². The molecule has 0 radical (unpaired) electrons. The van der Waals surface area contributed by atoms with Gasteiger partial charge in [0.15, 0.2) is 5.67 Å². The molecule has 0 aromatic heterocycles. The molecular weight excluding hydrogens is 191 g/mol. The number of benzene rings is 1. The second-order valence-corrected chi connectivity index (χ2v) is 4.08. The summed E-state index contributed by atoms with van der Waals surface area (Å²) in [6.07, 6.45) is 1.89. The number of hydrogen-bond acceptors (Lipinski definition) is 2. The number of halogens is 1. The minimum absolute atomic E-state index is 0.0364. The molecule has 2 unspecified atom stereocenters. The van der Waals surface area contributed by atoms with Crippen molar-refractivity contribution in [3.8, 4) is 0 Å². The molecule has 0 spiro atoms. The van der Waals surface area contributed by atoms with Crippen molar-refractivity contribution in [1.29, 1.82) is 0 Å². The SMILES string of the molecule is NCC(F)(c1ccccc1)C1CCCN1. The van der Waals surface area contributed by atoms with Crippen LogP contribution in [0.15, 0.2) is 30.3 Å². The largest absolute Gasteiger partial charge is 0.327 e. The smallest absolute Gasteiger partial charge is 0.163 e. The summed E-state index contributed by atoms with van der Waals surface area (Å²) in [7, 11) is 0. The molecule has 2 nitrogen and oxygen atoms in total. The third-order valence-corrected chi connectivity index (χ3v) is 3.16. The summed E-state index contributed by atoms with van der Waals surface area (Å²) >= 11 is 0. The Bertz CT molecular complexity index is 309. The van der Waals surface area contributed by atoms with Gasteiger partial charge in [-0.2, -0.15) is 0 Å². The van der Waals surface area contributed by atoms with Crippen LogP contribution < -0.4 is 11.1 Å². The fourth-order valence-electron chi connectivity index (χ4n) is 2.25. The van der Waals surface area contributed by atoms with E-state index in [4.69, 9.17) is 5.73 Å². The molecule has 1 aliphatic heterocycles. The van der Waals surface area contributed by atoms with E-state index < -0.39 is 5.67 Å². The molecule has 1 heterocycles. The standard InChI is InChI=1S/C12H17FN2/c13-12(9-14,11-7-4-8-15-11)10-5-2-1-3-6-10/h1-3,5-6,11,15H,4,7-9,14H2. The summed E-state index contributed by atoms with van der Waals surface area (Å²) in [5.74, 6) is 0. The predicted octanol–water partition coefficient (Wildman–Crippen LogP) is 1.56. The highest BCUT2D eigenvalue weighted by Crippen LogP contribution is 2.32. The minimum atomic E-state index is -1.42. The van der Waals surface area contributed by atoms with Crippen LogP contribution in [0.2, 0.25) is 0 Å². The third-order valence-electron chi connectivity index (χ3n) is 3.16. The zero-order valence-corrected chi connectivity index (χ0v) is 8.75. The number of nitrogens with two attached hydrogens (primary N) is 1. The summed E-state index contributed by atoms with van der Waals surface area (Å²) in [5.41, 5.74) is 4.87. The van der Waals surface area contributed by atoms with Crippen LogP contribution in [-0.4, -0.2) is 19.1 Å². The molecular formula is C12H17FN2. The van der Waals surface area contributed by atoms with E-state index in [-0.39, 0.29) is 12.6 Å². The molecule has 15 heavy (non-hydrogen) atoms. The maximum Gasteiger partial charge on any atom is 0.163 e. The summed E-state index contributed by atoms with van der Waals surface area (Å²) in [4.78, 5) is 0. The van der Waals surface area contributed by atoms with Gasteiger partial charge in [0.25, 0.3) is 0 Å². The van der Waals surface area contributed by atoms with Crippen LogP contribution in [-0.2, 0) is 5.67 Å². The van der Waals surface area contributed by atoms with Crippen molar-refractivity contribution < 1.29 is 4.39 Å². The van der Waals surface area contributed by atoms with Gasteiger partial charge < -0.3 is 11.1 Å². The van der Waals surface area contributed by atoms with E-state index in [0.29, 0.717) is 5.56 Å². The van der Waals surface area contributed by atoms with Crippen molar-refractivity contribution in [2.75, 3.05) is 13.1 Å². The minimum Gasteiger partial charge on any atom is -0.327 e. The molecule has 82 valence electrons. The quantitative estimate of drug-likeness (QED) is 0.791. The molecule has 3 heteroatoms. The molecule has 0 bridgehead atoms. The number of alkyl halides is 1. The van der Waals surface area contributed by atoms with Gasteiger partial charge in [0.2, 0.25) is 0 Å². The van der Waals surface area contributed by atoms with Gasteiger partial charge >= 0.3 is 0 Å². The maximum atomic E-state index is 14.8. The fraction of sp³-hybridized carbons (Fsp3) is 0.500. The van der Waals surface area contributed by atoms with Gasteiger partial charge in [-0.15, -0.1) is 0 Å². The van der Waals surface area contributed by atoms with E-state index in [2.05, 4.69) is 5.32 Å². The Balaban J connectivity index is 2.28. The van der Waals surface area contributed by atoms with Crippen LogP contribution >= 0.6 is 0 Å². The Morgan fingerprint density at radius 3 is 2.67 bits per heavy atom. The zero-order chi connectivity index (χ0) is 10.7. The lowest BCUT2D eigenvalue weighted by atomic mass is 9.87. The number of hydrogen-bond donors (Lipinski definition) is 2. The van der Waals surface area contributed by atoms with Gasteiger partial charge in [0.05, 0.1) is 0 Å². The molecule has 0 saturated carbocycles. The molecule has 1 fully saturated rings. The second kappa shape index (κ2) is 4.29. The maximum absolute atomic E-state index is 14.8. The summed E-state index contributed by atoms with van der Waals surface area (Å²) < 4.78 is 14.8. The second-order valence-electron chi connectivity index (χ2n) is 4.08. The van der Waals surface area contributed by atoms with Crippen molar-refractivity contribution in [2.45, 2.75) is 24.6 Å². The van der Waals surface area contributed by atoms with E-state index in [9.17, 15) is 4.39 Å². The van der Waals surface area contributed by atoms with E-state index in [0.717, 1.165) is 19.4 Å². The van der Waals surface area contributed by atoms with Crippen molar-refractivity contribution in [3.05, 3.63) is 35.9 Å². The molecule has 1 aliphatic rings. The van der Waals surface area contributed by atoms with E-state index in [1.165, 1.54) is 0 Å². The topological polar surface area (TPSA) is 38.0 Å². The summed E-state index contributed by atoms with van der Waals surface area (Å²) in [6, 6.07) is 9.09. The molecule has 0 aliphatic carbocycles. The molecule has 2 atom stereocenters. The highest BCUT2D eigenvalue weighted by atomic mass is 19.1. The van der Waals surface area contributed by atoms with Crippen LogP contribution in [0.5, 0.6) is 0 Å². The predicted molar refractivity (Wildman–Crippen MR) is 59.3 cm³/mol. The van der Waals surface area contributed by atoms with Crippen LogP contribution in [0.3, 0.4) is 0 Å². The summed E-state index contributed by atoms with van der Waals surface area (Å²) in [6.45, 7) is 0.928. The third kappa shape index (κ3) is 1.90. The Labute approximate surface area is 89.7 Å². The summed E-state index contributed by atoms with van der Waals surface area (Å²) in [5, 5.41) is 3.19. The van der Waals surface area contributed by atoms with E-state index >= 15 is 0 Å². The molecule has 3 N–H and O–H groups in total. The first-order chi connectivity index (χ1) is 7.27. The van der Waals surface area contributed by atoms with Crippen molar-refractivity contribution in [1.82, 2.24) is 5.32 Å². The van der Waals surface area contributed by atoms with Crippen LogP contribution in [0.25, 0.3) is 0 Å². The first-order valence-electron chi connectivity index (χ1n) is 5.45. The molecule has 2 rings (SSSR count). The molecule has 0 amide bonds. The van der Waals surface area contributed by atoms with Crippen LogP contribution in [0.1, 0.15) is 18.4 Å². The highest BCUT2D eigenvalue weighted by Gasteiger charge is 2.40. The average Bonchev–Trinajstić information content (AvgIpc) is 2.83. The van der Waals surface area contributed by atoms with Gasteiger partial charge in [-0.3, -0.25) is 0 Å².